The van der Waals surface area contributed by atoms with Crippen molar-refractivity contribution in [2.75, 3.05) is 27.8 Å². The number of rotatable bonds is 6. The second kappa shape index (κ2) is 7.98. The van der Waals surface area contributed by atoms with Crippen molar-refractivity contribution in [3.8, 4) is 5.75 Å². The van der Waals surface area contributed by atoms with Gasteiger partial charge in [0.2, 0.25) is 0 Å². The number of esters is 1. The van der Waals surface area contributed by atoms with E-state index in [4.69, 9.17) is 14.2 Å². The molecule has 1 unspecified atom stereocenters. The van der Waals surface area contributed by atoms with Crippen LogP contribution in [0.2, 0.25) is 0 Å². The van der Waals surface area contributed by atoms with Crippen LogP contribution in [0.15, 0.2) is 18.2 Å². The molecule has 0 N–H and O–H groups in total. The summed E-state index contributed by atoms with van der Waals surface area (Å²) in [6, 6.07) is 5.74. The largest absolute Gasteiger partial charge is 0.496 e. The SMILES string of the molecule is COC(=O)C(CN(C)C(=O)OC(C)(C)C)c1ccc(OC)c(C2CC2)c1. The van der Waals surface area contributed by atoms with Crippen LogP contribution in [0.3, 0.4) is 0 Å². The standard InChI is InChI=1S/C20H29NO5/c1-20(2,3)26-19(23)21(4)12-16(18(22)25-6)14-9-10-17(24-5)15(11-14)13-7-8-13/h9-11,13,16H,7-8,12H2,1-6H3. The first kappa shape index (κ1) is 20.1. The summed E-state index contributed by atoms with van der Waals surface area (Å²) in [4.78, 5) is 26.0. The number of amides is 1. The van der Waals surface area contributed by atoms with Gasteiger partial charge in [-0.3, -0.25) is 4.79 Å². The van der Waals surface area contributed by atoms with E-state index in [2.05, 4.69) is 0 Å². The molecule has 0 radical (unpaired) electrons. The summed E-state index contributed by atoms with van der Waals surface area (Å²) in [6.07, 6.45) is 1.78. The molecule has 0 aliphatic heterocycles. The Morgan fingerprint density at radius 3 is 2.38 bits per heavy atom. The van der Waals surface area contributed by atoms with E-state index >= 15 is 0 Å². The maximum absolute atomic E-state index is 12.4. The lowest BCUT2D eigenvalue weighted by Gasteiger charge is -2.27. The van der Waals surface area contributed by atoms with E-state index in [-0.39, 0.29) is 12.5 Å². The van der Waals surface area contributed by atoms with Gasteiger partial charge in [0, 0.05) is 13.6 Å². The Hall–Kier alpha value is -2.24. The van der Waals surface area contributed by atoms with Crippen molar-refractivity contribution >= 4 is 12.1 Å². The smallest absolute Gasteiger partial charge is 0.410 e. The molecule has 1 saturated carbocycles. The number of hydrogen-bond acceptors (Lipinski definition) is 5. The molecule has 1 amide bonds. The number of ether oxygens (including phenoxy) is 3. The number of likely N-dealkylation sites (N-methyl/N-ethyl adjacent to an activating group) is 1. The van der Waals surface area contributed by atoms with Gasteiger partial charge in [0.05, 0.1) is 20.1 Å². The van der Waals surface area contributed by atoms with E-state index in [0.29, 0.717) is 5.92 Å². The normalized spacial score (nSPS) is 15.2. The van der Waals surface area contributed by atoms with Crippen molar-refractivity contribution in [3.63, 3.8) is 0 Å². The zero-order valence-corrected chi connectivity index (χ0v) is 16.5. The summed E-state index contributed by atoms with van der Waals surface area (Å²) >= 11 is 0. The van der Waals surface area contributed by atoms with Gasteiger partial charge in [-0.15, -0.1) is 0 Å². The number of carbonyl (C=O) groups is 2. The molecule has 1 aliphatic carbocycles. The van der Waals surface area contributed by atoms with Gasteiger partial charge in [0.1, 0.15) is 11.4 Å². The predicted molar refractivity (Wildman–Crippen MR) is 98.6 cm³/mol. The fraction of sp³-hybridized carbons (Fsp3) is 0.600. The van der Waals surface area contributed by atoms with Gasteiger partial charge in [-0.2, -0.15) is 0 Å². The van der Waals surface area contributed by atoms with E-state index in [9.17, 15) is 9.59 Å². The molecule has 0 aromatic heterocycles. The summed E-state index contributed by atoms with van der Waals surface area (Å²) in [5.74, 6) is 0.348. The Balaban J connectivity index is 2.23. The quantitative estimate of drug-likeness (QED) is 0.721. The van der Waals surface area contributed by atoms with Crippen molar-refractivity contribution in [1.82, 2.24) is 4.90 Å². The van der Waals surface area contributed by atoms with E-state index in [1.165, 1.54) is 12.0 Å². The Morgan fingerprint density at radius 1 is 1.23 bits per heavy atom. The summed E-state index contributed by atoms with van der Waals surface area (Å²) in [7, 11) is 4.62. The Labute approximate surface area is 155 Å². The van der Waals surface area contributed by atoms with Crippen molar-refractivity contribution < 1.29 is 23.8 Å². The summed E-state index contributed by atoms with van der Waals surface area (Å²) in [5.41, 5.74) is 1.33. The molecule has 1 aliphatic rings. The zero-order chi connectivity index (χ0) is 19.5. The number of methoxy groups -OCH3 is 2. The third kappa shape index (κ3) is 5.13. The molecule has 144 valence electrons. The highest BCUT2D eigenvalue weighted by Gasteiger charge is 2.31. The van der Waals surface area contributed by atoms with Crippen LogP contribution in [-0.4, -0.2) is 50.4 Å². The molecule has 0 heterocycles. The van der Waals surface area contributed by atoms with Crippen LogP contribution < -0.4 is 4.74 Å². The molecule has 26 heavy (non-hydrogen) atoms. The zero-order valence-electron chi connectivity index (χ0n) is 16.5. The highest BCUT2D eigenvalue weighted by Crippen LogP contribution is 2.45. The molecule has 0 spiro atoms. The van der Waals surface area contributed by atoms with E-state index in [1.807, 2.05) is 39.0 Å². The highest BCUT2D eigenvalue weighted by atomic mass is 16.6. The Bertz CT molecular complexity index is 661. The van der Waals surface area contributed by atoms with Crippen LogP contribution in [0.1, 0.15) is 56.6 Å². The predicted octanol–water partition coefficient (Wildman–Crippen LogP) is 3.70. The summed E-state index contributed by atoms with van der Waals surface area (Å²) < 4.78 is 15.8. The van der Waals surface area contributed by atoms with Gasteiger partial charge in [-0.1, -0.05) is 12.1 Å². The fourth-order valence-electron chi connectivity index (χ4n) is 2.83. The summed E-state index contributed by atoms with van der Waals surface area (Å²) in [5, 5.41) is 0. The topological polar surface area (TPSA) is 65.1 Å². The first-order chi connectivity index (χ1) is 12.2. The Morgan fingerprint density at radius 2 is 1.88 bits per heavy atom. The molecular weight excluding hydrogens is 334 g/mol. The minimum absolute atomic E-state index is 0.179. The van der Waals surface area contributed by atoms with Crippen LogP contribution in [0.5, 0.6) is 5.75 Å². The first-order valence-electron chi connectivity index (χ1n) is 8.86. The summed E-state index contributed by atoms with van der Waals surface area (Å²) in [6.45, 7) is 5.60. The average molecular weight is 363 g/mol. The van der Waals surface area contributed by atoms with Crippen molar-refractivity contribution in [1.29, 1.82) is 0 Å². The van der Waals surface area contributed by atoms with E-state index in [1.54, 1.807) is 14.2 Å². The molecule has 1 fully saturated rings. The molecule has 1 aromatic rings. The van der Waals surface area contributed by atoms with Crippen LogP contribution >= 0.6 is 0 Å². The lowest BCUT2D eigenvalue weighted by atomic mass is 9.95. The molecule has 6 heteroatoms. The van der Waals surface area contributed by atoms with Gasteiger partial charge in [-0.25, -0.2) is 4.79 Å². The van der Waals surface area contributed by atoms with Crippen LogP contribution in [-0.2, 0) is 14.3 Å². The maximum atomic E-state index is 12.4. The number of hydrogen-bond donors (Lipinski definition) is 0. The molecule has 1 aromatic carbocycles. The van der Waals surface area contributed by atoms with Crippen LogP contribution in [0.25, 0.3) is 0 Å². The molecular formula is C20H29NO5. The molecule has 0 saturated heterocycles. The molecule has 2 rings (SSSR count). The van der Waals surface area contributed by atoms with Crippen molar-refractivity contribution in [2.24, 2.45) is 0 Å². The van der Waals surface area contributed by atoms with E-state index < -0.39 is 17.6 Å². The van der Waals surface area contributed by atoms with Crippen LogP contribution in [0.4, 0.5) is 4.79 Å². The number of benzene rings is 1. The first-order valence-corrected chi connectivity index (χ1v) is 8.86. The molecule has 1 atom stereocenters. The second-order valence-electron chi connectivity index (χ2n) is 7.71. The second-order valence-corrected chi connectivity index (χ2v) is 7.71. The highest BCUT2D eigenvalue weighted by molar-refractivity contribution is 5.79. The van der Waals surface area contributed by atoms with Gasteiger partial charge in [0.25, 0.3) is 0 Å². The average Bonchev–Trinajstić information content (AvgIpc) is 3.41. The maximum Gasteiger partial charge on any atom is 0.410 e. The fourth-order valence-corrected chi connectivity index (χ4v) is 2.83. The Kier molecular flexibility index (Phi) is 6.16. The van der Waals surface area contributed by atoms with Gasteiger partial charge >= 0.3 is 12.1 Å². The van der Waals surface area contributed by atoms with Gasteiger partial charge < -0.3 is 19.1 Å². The minimum atomic E-state index is -0.592. The van der Waals surface area contributed by atoms with Gasteiger partial charge in [-0.05, 0) is 56.7 Å². The number of nitrogens with zero attached hydrogens (tertiary/aromatic N) is 1. The van der Waals surface area contributed by atoms with Gasteiger partial charge in [0.15, 0.2) is 0 Å². The van der Waals surface area contributed by atoms with Crippen molar-refractivity contribution in [2.45, 2.75) is 51.0 Å². The minimum Gasteiger partial charge on any atom is -0.496 e. The lowest BCUT2D eigenvalue weighted by Crippen LogP contribution is -2.38. The van der Waals surface area contributed by atoms with E-state index in [0.717, 1.165) is 29.7 Å². The number of carbonyl (C=O) groups excluding carboxylic acids is 2. The lowest BCUT2D eigenvalue weighted by molar-refractivity contribution is -0.142. The third-order valence-electron chi connectivity index (χ3n) is 4.32. The monoisotopic (exact) mass is 363 g/mol. The molecule has 6 nitrogen and oxygen atoms in total. The molecule has 0 bridgehead atoms. The van der Waals surface area contributed by atoms with Crippen molar-refractivity contribution in [3.05, 3.63) is 29.3 Å². The third-order valence-corrected chi connectivity index (χ3v) is 4.32. The van der Waals surface area contributed by atoms with Crippen LogP contribution in [0, 0.1) is 0 Å².